The first-order chi connectivity index (χ1) is 16.5. The summed E-state index contributed by atoms with van der Waals surface area (Å²) >= 11 is 0. The summed E-state index contributed by atoms with van der Waals surface area (Å²) in [4.78, 5) is 16.8. The molecule has 2 aromatic heterocycles. The molecule has 0 atom stereocenters. The average molecular weight is 492 g/mol. The fourth-order valence-electron chi connectivity index (χ4n) is 4.34. The standard InChI is InChI=1S/C26H25N7O.Ca/c1-3-6-24-29-25-17(2)13-20(26(27)34)14-23(25)32(24)15-18-9-11-19(12-10-18)21-7-4-5-8-22(21)33-16-28-30-31-33;/h4-5,7-14,16H,3,6,15H2,1-2H3,(H2,27,34);/q;+2. The number of hydrogen-bond acceptors (Lipinski definition) is 5. The maximum Gasteiger partial charge on any atom is 2.00 e. The normalized spacial score (nSPS) is 10.9. The van der Waals surface area contributed by atoms with Crippen molar-refractivity contribution in [1.29, 1.82) is 0 Å². The smallest absolute Gasteiger partial charge is 0.366 e. The number of hydrogen-bond donors (Lipinski definition) is 1. The summed E-state index contributed by atoms with van der Waals surface area (Å²) in [6.07, 6.45) is 3.43. The zero-order chi connectivity index (χ0) is 23.7. The summed E-state index contributed by atoms with van der Waals surface area (Å²) in [5.74, 6) is 0.579. The molecule has 2 heterocycles. The minimum Gasteiger partial charge on any atom is -0.366 e. The number of nitrogens with zero attached hydrogens (tertiary/aromatic N) is 6. The minimum atomic E-state index is -0.430. The van der Waals surface area contributed by atoms with Crippen molar-refractivity contribution in [3.05, 3.63) is 89.5 Å². The van der Waals surface area contributed by atoms with E-state index in [4.69, 9.17) is 10.7 Å². The molecule has 0 aliphatic heterocycles. The van der Waals surface area contributed by atoms with Gasteiger partial charge in [0.05, 0.1) is 16.7 Å². The molecule has 0 radical (unpaired) electrons. The van der Waals surface area contributed by atoms with Gasteiger partial charge in [-0.25, -0.2) is 4.98 Å². The van der Waals surface area contributed by atoms with Crippen LogP contribution in [0.5, 0.6) is 0 Å². The van der Waals surface area contributed by atoms with Crippen molar-refractivity contribution in [2.75, 3.05) is 0 Å². The summed E-state index contributed by atoms with van der Waals surface area (Å²) < 4.78 is 3.86. The summed E-state index contributed by atoms with van der Waals surface area (Å²) in [6, 6.07) is 20.2. The van der Waals surface area contributed by atoms with Crippen molar-refractivity contribution in [1.82, 2.24) is 29.8 Å². The van der Waals surface area contributed by atoms with Gasteiger partial charge in [0.1, 0.15) is 12.2 Å². The Bertz CT molecular complexity index is 1470. The number of benzene rings is 3. The quantitative estimate of drug-likeness (QED) is 0.350. The van der Waals surface area contributed by atoms with Crippen LogP contribution < -0.4 is 5.73 Å². The molecule has 0 saturated heterocycles. The maximum absolute atomic E-state index is 11.9. The number of primary amides is 1. The van der Waals surface area contributed by atoms with Gasteiger partial charge in [-0.3, -0.25) is 4.79 Å². The molecule has 170 valence electrons. The molecular weight excluding hydrogens is 466 g/mol. The van der Waals surface area contributed by atoms with Gasteiger partial charge in [-0.05, 0) is 58.7 Å². The Kier molecular flexibility index (Phi) is 7.64. The molecule has 0 aliphatic rings. The van der Waals surface area contributed by atoms with Gasteiger partial charge in [0, 0.05) is 24.1 Å². The molecule has 0 aliphatic carbocycles. The number of carbonyl (C=O) groups excluding carboxylic acids is 1. The van der Waals surface area contributed by atoms with Crippen LogP contribution in [0.1, 0.15) is 40.7 Å². The van der Waals surface area contributed by atoms with Gasteiger partial charge in [0.25, 0.3) is 0 Å². The van der Waals surface area contributed by atoms with Crippen LogP contribution in [0.4, 0.5) is 0 Å². The fourth-order valence-corrected chi connectivity index (χ4v) is 4.34. The SMILES string of the molecule is CCCc1nc2c(C)cc(C(N)=O)cc2n1Cc1ccc(-c2ccccc2-n2cnnn2)cc1.[Ca+2]. The van der Waals surface area contributed by atoms with Crippen LogP contribution in [-0.2, 0) is 13.0 Å². The van der Waals surface area contributed by atoms with E-state index in [1.165, 1.54) is 0 Å². The van der Waals surface area contributed by atoms with Crippen LogP contribution in [0.3, 0.4) is 0 Å². The summed E-state index contributed by atoms with van der Waals surface area (Å²) in [6.45, 7) is 4.77. The topological polar surface area (TPSA) is 105 Å². The van der Waals surface area contributed by atoms with Crippen LogP contribution in [0, 0.1) is 6.92 Å². The van der Waals surface area contributed by atoms with E-state index in [1.54, 1.807) is 11.0 Å². The Morgan fingerprint density at radius 1 is 1.06 bits per heavy atom. The van der Waals surface area contributed by atoms with Crippen molar-refractivity contribution in [3.63, 3.8) is 0 Å². The molecular formula is C26H25CaN7O+2. The molecule has 1 amide bonds. The molecule has 8 nitrogen and oxygen atoms in total. The number of tetrazole rings is 1. The van der Waals surface area contributed by atoms with Gasteiger partial charge >= 0.3 is 37.7 Å². The van der Waals surface area contributed by atoms with E-state index in [2.05, 4.69) is 57.3 Å². The third-order valence-corrected chi connectivity index (χ3v) is 5.99. The van der Waals surface area contributed by atoms with Crippen LogP contribution in [0.15, 0.2) is 67.0 Å². The zero-order valence-corrected chi connectivity index (χ0v) is 22.1. The fraction of sp³-hybridized carbons (Fsp3) is 0.192. The first kappa shape index (κ1) is 25.0. The second-order valence-electron chi connectivity index (χ2n) is 8.36. The second kappa shape index (κ2) is 10.7. The number of amides is 1. The molecule has 0 fully saturated rings. The van der Waals surface area contributed by atoms with Crippen molar-refractivity contribution in [2.45, 2.75) is 33.2 Å². The van der Waals surface area contributed by atoms with Gasteiger partial charge < -0.3 is 10.3 Å². The predicted octanol–water partition coefficient (Wildman–Crippen LogP) is 3.71. The Hall–Kier alpha value is -3.07. The number of nitrogens with two attached hydrogens (primary N) is 1. The van der Waals surface area contributed by atoms with E-state index in [-0.39, 0.29) is 37.7 Å². The second-order valence-corrected chi connectivity index (χ2v) is 8.36. The summed E-state index contributed by atoms with van der Waals surface area (Å²) in [5, 5.41) is 11.5. The van der Waals surface area contributed by atoms with Crippen LogP contribution in [0.25, 0.3) is 27.8 Å². The molecule has 5 rings (SSSR count). The van der Waals surface area contributed by atoms with E-state index in [0.29, 0.717) is 12.1 Å². The third kappa shape index (κ3) is 5.00. The monoisotopic (exact) mass is 491 g/mol. The predicted molar refractivity (Wildman–Crippen MR) is 136 cm³/mol. The van der Waals surface area contributed by atoms with E-state index in [0.717, 1.165) is 57.6 Å². The average Bonchev–Trinajstić information content (AvgIpc) is 3.49. The van der Waals surface area contributed by atoms with E-state index >= 15 is 0 Å². The maximum atomic E-state index is 11.9. The first-order valence-corrected chi connectivity index (χ1v) is 11.3. The molecule has 5 aromatic rings. The first-order valence-electron chi connectivity index (χ1n) is 11.3. The van der Waals surface area contributed by atoms with Crippen molar-refractivity contribution in [3.8, 4) is 16.8 Å². The van der Waals surface area contributed by atoms with Gasteiger partial charge in [-0.15, -0.1) is 5.10 Å². The van der Waals surface area contributed by atoms with Crippen LogP contribution >= 0.6 is 0 Å². The third-order valence-electron chi connectivity index (χ3n) is 5.99. The number of imidazole rings is 1. The largest absolute Gasteiger partial charge is 2.00 e. The van der Waals surface area contributed by atoms with Gasteiger partial charge in [0.2, 0.25) is 5.91 Å². The Labute approximate surface area is 233 Å². The van der Waals surface area contributed by atoms with E-state index < -0.39 is 5.91 Å². The number of para-hydroxylation sites is 1. The number of carbonyl (C=O) groups is 1. The molecule has 0 bridgehead atoms. The number of aryl methyl sites for hydroxylation is 2. The van der Waals surface area contributed by atoms with Crippen molar-refractivity contribution < 1.29 is 4.79 Å². The van der Waals surface area contributed by atoms with E-state index in [1.807, 2.05) is 37.3 Å². The molecule has 0 unspecified atom stereocenters. The minimum absolute atomic E-state index is 0. The van der Waals surface area contributed by atoms with Crippen molar-refractivity contribution >= 4 is 54.7 Å². The molecule has 2 N–H and O–H groups in total. The number of fused-ring (bicyclic) bond motifs is 1. The molecule has 35 heavy (non-hydrogen) atoms. The van der Waals surface area contributed by atoms with E-state index in [9.17, 15) is 4.79 Å². The van der Waals surface area contributed by atoms with Crippen LogP contribution in [0.2, 0.25) is 0 Å². The molecule has 9 heteroatoms. The molecule has 0 spiro atoms. The van der Waals surface area contributed by atoms with Gasteiger partial charge in [0.15, 0.2) is 0 Å². The van der Waals surface area contributed by atoms with Gasteiger partial charge in [-0.2, -0.15) is 4.68 Å². The summed E-state index contributed by atoms with van der Waals surface area (Å²) in [5.41, 5.74) is 13.1. The molecule has 3 aromatic carbocycles. The van der Waals surface area contributed by atoms with Gasteiger partial charge in [-0.1, -0.05) is 49.4 Å². The number of aromatic nitrogens is 6. The zero-order valence-electron chi connectivity index (χ0n) is 19.8. The Balaban J connectivity index is 0.00000289. The Morgan fingerprint density at radius 2 is 1.83 bits per heavy atom. The Morgan fingerprint density at radius 3 is 2.51 bits per heavy atom. The molecule has 0 saturated carbocycles. The van der Waals surface area contributed by atoms with Crippen LogP contribution in [-0.4, -0.2) is 73.4 Å². The summed E-state index contributed by atoms with van der Waals surface area (Å²) in [7, 11) is 0. The van der Waals surface area contributed by atoms with Crippen molar-refractivity contribution in [2.24, 2.45) is 5.73 Å². The number of rotatable bonds is 7.